The first-order chi connectivity index (χ1) is 16.3. The molecule has 34 heavy (non-hydrogen) atoms. The van der Waals surface area contributed by atoms with E-state index in [1.165, 1.54) is 12.2 Å². The minimum atomic E-state index is -1.20. The maximum atomic E-state index is 12.0. The lowest BCUT2D eigenvalue weighted by Crippen LogP contribution is -2.47. The summed E-state index contributed by atoms with van der Waals surface area (Å²) in [4.78, 5) is 70.7. The van der Waals surface area contributed by atoms with Gasteiger partial charge in [-0.15, -0.1) is 0 Å². The van der Waals surface area contributed by atoms with Crippen LogP contribution in [-0.2, 0) is 39.9 Å². The summed E-state index contributed by atoms with van der Waals surface area (Å²) in [5, 5.41) is 16.3. The molecule has 5 amide bonds. The zero-order valence-corrected chi connectivity index (χ0v) is 18.3. The number of imide groups is 1. The molecule has 1 aromatic carbocycles. The first-order valence-corrected chi connectivity index (χ1v) is 10.5. The summed E-state index contributed by atoms with van der Waals surface area (Å²) in [6, 6.07) is 7.64. The summed E-state index contributed by atoms with van der Waals surface area (Å²) in [6.07, 6.45) is 2.38. The molecular formula is C22H26N4O8. The molecule has 4 N–H and O–H groups in total. The van der Waals surface area contributed by atoms with Gasteiger partial charge in [-0.2, -0.15) is 0 Å². The van der Waals surface area contributed by atoms with Gasteiger partial charge in [0.15, 0.2) is 0 Å². The van der Waals surface area contributed by atoms with Crippen molar-refractivity contribution >= 4 is 35.5 Å². The number of amides is 5. The first-order valence-electron chi connectivity index (χ1n) is 10.5. The van der Waals surface area contributed by atoms with Gasteiger partial charge in [0.25, 0.3) is 11.8 Å². The highest BCUT2D eigenvalue weighted by molar-refractivity contribution is 6.12. The molecule has 12 heteroatoms. The maximum Gasteiger partial charge on any atom is 0.326 e. The standard InChI is InChI=1S/C22H26N4O8/c27-17(8-10-34-11-9-26-20(30)6-7-21(26)31)23-13-18(28)24-14-19(29)25-16(22(32)33)12-15-4-2-1-3-5-15/h1-7,16H,8-14H2,(H,23,27)(H,24,28)(H,25,29)(H,32,33)/t16-/m0/s1. The Kier molecular flexibility index (Phi) is 10.4. The predicted molar refractivity (Wildman–Crippen MR) is 117 cm³/mol. The van der Waals surface area contributed by atoms with Gasteiger partial charge in [-0.25, -0.2) is 4.79 Å². The molecule has 1 aliphatic heterocycles. The molecule has 0 spiro atoms. The van der Waals surface area contributed by atoms with Crippen molar-refractivity contribution in [2.75, 3.05) is 32.8 Å². The molecule has 1 atom stereocenters. The molecule has 1 heterocycles. The van der Waals surface area contributed by atoms with Gasteiger partial charge in [-0.1, -0.05) is 30.3 Å². The van der Waals surface area contributed by atoms with Crippen molar-refractivity contribution in [2.24, 2.45) is 0 Å². The lowest BCUT2D eigenvalue weighted by Gasteiger charge is -2.15. The fourth-order valence-corrected chi connectivity index (χ4v) is 2.88. The van der Waals surface area contributed by atoms with Crippen LogP contribution in [0.1, 0.15) is 12.0 Å². The van der Waals surface area contributed by atoms with E-state index in [1.54, 1.807) is 30.3 Å². The van der Waals surface area contributed by atoms with Crippen LogP contribution in [0.3, 0.4) is 0 Å². The topological polar surface area (TPSA) is 171 Å². The minimum absolute atomic E-state index is 0.0253. The highest BCUT2D eigenvalue weighted by atomic mass is 16.5. The number of nitrogens with zero attached hydrogens (tertiary/aromatic N) is 1. The van der Waals surface area contributed by atoms with Crippen molar-refractivity contribution in [2.45, 2.75) is 18.9 Å². The van der Waals surface area contributed by atoms with E-state index in [-0.39, 0.29) is 39.1 Å². The molecule has 0 bridgehead atoms. The molecule has 0 fully saturated rings. The molecule has 0 radical (unpaired) electrons. The Balaban J connectivity index is 1.57. The first kappa shape index (κ1) is 26.2. The highest BCUT2D eigenvalue weighted by Crippen LogP contribution is 2.04. The van der Waals surface area contributed by atoms with E-state index in [2.05, 4.69) is 16.0 Å². The second-order valence-corrected chi connectivity index (χ2v) is 7.23. The van der Waals surface area contributed by atoms with Crippen LogP contribution in [0.15, 0.2) is 42.5 Å². The Hall–Kier alpha value is -4.06. The van der Waals surface area contributed by atoms with Gasteiger partial charge < -0.3 is 25.8 Å². The maximum absolute atomic E-state index is 12.0. The summed E-state index contributed by atoms with van der Waals surface area (Å²) < 4.78 is 5.21. The van der Waals surface area contributed by atoms with Crippen LogP contribution < -0.4 is 16.0 Å². The molecule has 1 aromatic rings. The fourth-order valence-electron chi connectivity index (χ4n) is 2.88. The number of carboxylic acid groups (broad SMARTS) is 1. The van der Waals surface area contributed by atoms with Crippen molar-refractivity contribution in [1.29, 1.82) is 0 Å². The van der Waals surface area contributed by atoms with E-state index in [0.717, 1.165) is 10.5 Å². The molecule has 12 nitrogen and oxygen atoms in total. The van der Waals surface area contributed by atoms with Crippen LogP contribution in [0, 0.1) is 0 Å². The van der Waals surface area contributed by atoms with Crippen molar-refractivity contribution in [3.8, 4) is 0 Å². The van der Waals surface area contributed by atoms with Gasteiger partial charge in [0.1, 0.15) is 6.04 Å². The third-order valence-corrected chi connectivity index (χ3v) is 4.64. The Morgan fingerprint density at radius 1 is 0.882 bits per heavy atom. The number of carbonyl (C=O) groups is 6. The summed E-state index contributed by atoms with van der Waals surface area (Å²) in [5.41, 5.74) is 0.737. The van der Waals surface area contributed by atoms with Crippen LogP contribution in [0.25, 0.3) is 0 Å². The summed E-state index contributed by atoms with van der Waals surface area (Å²) in [7, 11) is 0. The van der Waals surface area contributed by atoms with Gasteiger partial charge in [0.2, 0.25) is 17.7 Å². The number of aliphatic carboxylic acids is 1. The Morgan fingerprint density at radius 2 is 1.50 bits per heavy atom. The highest BCUT2D eigenvalue weighted by Gasteiger charge is 2.22. The zero-order valence-electron chi connectivity index (χ0n) is 18.3. The van der Waals surface area contributed by atoms with Crippen LogP contribution >= 0.6 is 0 Å². The fraction of sp³-hybridized carbons (Fsp3) is 0.364. The molecule has 182 valence electrons. The van der Waals surface area contributed by atoms with Crippen LogP contribution in [0.5, 0.6) is 0 Å². The van der Waals surface area contributed by atoms with Crippen molar-refractivity contribution in [3.63, 3.8) is 0 Å². The monoisotopic (exact) mass is 474 g/mol. The number of carbonyl (C=O) groups excluding carboxylic acids is 5. The van der Waals surface area contributed by atoms with E-state index in [9.17, 15) is 33.9 Å². The lowest BCUT2D eigenvalue weighted by molar-refractivity contribution is -0.141. The number of hydrogen-bond donors (Lipinski definition) is 4. The largest absolute Gasteiger partial charge is 0.480 e. The van der Waals surface area contributed by atoms with Crippen molar-refractivity contribution in [1.82, 2.24) is 20.9 Å². The minimum Gasteiger partial charge on any atom is -0.480 e. The average Bonchev–Trinajstić information content (AvgIpc) is 3.13. The van der Waals surface area contributed by atoms with E-state index >= 15 is 0 Å². The molecule has 0 aliphatic carbocycles. The molecule has 0 saturated carbocycles. The second kappa shape index (κ2) is 13.5. The molecule has 2 rings (SSSR count). The Bertz CT molecular complexity index is 929. The molecular weight excluding hydrogens is 448 g/mol. The van der Waals surface area contributed by atoms with Crippen LogP contribution in [0.4, 0.5) is 0 Å². The van der Waals surface area contributed by atoms with E-state index in [4.69, 9.17) is 4.74 Å². The van der Waals surface area contributed by atoms with Crippen molar-refractivity contribution < 1.29 is 38.6 Å². The molecule has 1 aliphatic rings. The summed E-state index contributed by atoms with van der Waals surface area (Å²) in [6.45, 7) is -0.647. The Labute approximate surface area is 195 Å². The van der Waals surface area contributed by atoms with Crippen molar-refractivity contribution in [3.05, 3.63) is 48.0 Å². The van der Waals surface area contributed by atoms with Gasteiger partial charge >= 0.3 is 5.97 Å². The van der Waals surface area contributed by atoms with Crippen LogP contribution in [0.2, 0.25) is 0 Å². The predicted octanol–water partition coefficient (Wildman–Crippen LogP) is -1.64. The number of carboxylic acids is 1. The molecule has 0 aromatic heterocycles. The van der Waals surface area contributed by atoms with Gasteiger partial charge in [-0.05, 0) is 5.56 Å². The molecule has 0 saturated heterocycles. The second-order valence-electron chi connectivity index (χ2n) is 7.23. The normalized spacial score (nSPS) is 13.5. The number of benzene rings is 1. The number of rotatable bonds is 14. The quantitative estimate of drug-likeness (QED) is 0.184. The Morgan fingerprint density at radius 3 is 2.15 bits per heavy atom. The SMILES string of the molecule is O=C(CCOCCN1C(=O)C=CC1=O)NCC(=O)NCC(=O)N[C@@H](Cc1ccccc1)C(=O)O. The lowest BCUT2D eigenvalue weighted by atomic mass is 10.1. The average molecular weight is 474 g/mol. The van der Waals surface area contributed by atoms with E-state index in [1.807, 2.05) is 0 Å². The van der Waals surface area contributed by atoms with Gasteiger partial charge in [0.05, 0.1) is 32.8 Å². The third kappa shape index (κ3) is 9.20. The smallest absolute Gasteiger partial charge is 0.326 e. The molecule has 0 unspecified atom stereocenters. The van der Waals surface area contributed by atoms with Crippen LogP contribution in [-0.4, -0.2) is 84.4 Å². The van der Waals surface area contributed by atoms with Gasteiger partial charge in [0, 0.05) is 25.0 Å². The number of hydrogen-bond acceptors (Lipinski definition) is 7. The third-order valence-electron chi connectivity index (χ3n) is 4.64. The summed E-state index contributed by atoms with van der Waals surface area (Å²) in [5.74, 6) is -3.81. The number of ether oxygens (including phenoxy) is 1. The van der Waals surface area contributed by atoms with E-state index < -0.39 is 48.1 Å². The van der Waals surface area contributed by atoms with Gasteiger partial charge in [-0.3, -0.25) is 28.9 Å². The van der Waals surface area contributed by atoms with E-state index in [0.29, 0.717) is 0 Å². The summed E-state index contributed by atoms with van der Waals surface area (Å²) >= 11 is 0. The zero-order chi connectivity index (χ0) is 24.9. The number of nitrogens with one attached hydrogen (secondary N) is 3.